The summed E-state index contributed by atoms with van der Waals surface area (Å²) >= 11 is 0. The Morgan fingerprint density at radius 1 is 1.00 bits per heavy atom. The molecule has 0 heterocycles. The summed E-state index contributed by atoms with van der Waals surface area (Å²) in [4.78, 5) is 0. The molecule has 1 aliphatic carbocycles. The van der Waals surface area contributed by atoms with E-state index in [-0.39, 0.29) is 0 Å². The van der Waals surface area contributed by atoms with Crippen molar-refractivity contribution in [1.29, 1.82) is 0 Å². The second-order valence-corrected chi connectivity index (χ2v) is 2.26. The molecule has 0 unspecified atom stereocenters. The molecule has 1 aliphatic rings. The lowest BCUT2D eigenvalue weighted by Crippen LogP contribution is -2.38. The largest absolute Gasteiger partial charge is 0.386 e. The Balaban J connectivity index is 2.74. The molecule has 0 fully saturated rings. The molecule has 0 amide bonds. The van der Waals surface area contributed by atoms with Gasteiger partial charge in [0.15, 0.2) is 0 Å². The summed E-state index contributed by atoms with van der Waals surface area (Å²) in [5.41, 5.74) is 1.83. The third kappa shape index (κ3) is 0.501. The van der Waals surface area contributed by atoms with Gasteiger partial charge in [0.1, 0.15) is 12.2 Å². The van der Waals surface area contributed by atoms with Crippen molar-refractivity contribution < 1.29 is 10.2 Å². The van der Waals surface area contributed by atoms with E-state index in [0.717, 1.165) is 11.1 Å². The van der Waals surface area contributed by atoms with E-state index >= 15 is 0 Å². The van der Waals surface area contributed by atoms with Crippen molar-refractivity contribution in [3.05, 3.63) is 11.1 Å². The molecule has 0 bridgehead atoms. The zero-order chi connectivity index (χ0) is 6.31. The lowest BCUT2D eigenvalue weighted by Gasteiger charge is -2.31. The zero-order valence-corrected chi connectivity index (χ0v) is 5.05. The third-order valence-corrected chi connectivity index (χ3v) is 1.81. The Morgan fingerprint density at radius 3 is 1.38 bits per heavy atom. The van der Waals surface area contributed by atoms with Crippen LogP contribution in [0.15, 0.2) is 11.1 Å². The van der Waals surface area contributed by atoms with Gasteiger partial charge < -0.3 is 10.2 Å². The molecule has 0 saturated heterocycles. The Labute approximate surface area is 48.5 Å². The van der Waals surface area contributed by atoms with Crippen molar-refractivity contribution in [2.75, 3.05) is 0 Å². The Hall–Kier alpha value is -0.340. The maximum absolute atomic E-state index is 8.85. The average molecular weight is 114 g/mol. The minimum absolute atomic E-state index is 0.588. The highest BCUT2D eigenvalue weighted by molar-refractivity contribution is 5.31. The third-order valence-electron chi connectivity index (χ3n) is 1.81. The smallest absolute Gasteiger partial charge is 0.105 e. The van der Waals surface area contributed by atoms with Crippen LogP contribution < -0.4 is 0 Å². The van der Waals surface area contributed by atoms with E-state index in [1.165, 1.54) is 0 Å². The second kappa shape index (κ2) is 1.57. The molecule has 0 radical (unpaired) electrons. The van der Waals surface area contributed by atoms with Gasteiger partial charge in [-0.3, -0.25) is 0 Å². The first-order chi connectivity index (χ1) is 3.64. The van der Waals surface area contributed by atoms with Gasteiger partial charge in [-0.25, -0.2) is 0 Å². The van der Waals surface area contributed by atoms with Crippen LogP contribution in [0.25, 0.3) is 0 Å². The van der Waals surface area contributed by atoms with E-state index in [1.54, 1.807) is 0 Å². The molecule has 1 rings (SSSR count). The quantitative estimate of drug-likeness (QED) is 0.437. The molecule has 8 heavy (non-hydrogen) atoms. The van der Waals surface area contributed by atoms with Crippen LogP contribution in [-0.4, -0.2) is 22.4 Å². The maximum atomic E-state index is 8.85. The molecular formula is C6H10O2. The maximum Gasteiger partial charge on any atom is 0.105 e. The monoisotopic (exact) mass is 114 g/mol. The molecule has 0 aliphatic heterocycles. The van der Waals surface area contributed by atoms with Crippen molar-refractivity contribution in [1.82, 2.24) is 0 Å². The number of aliphatic hydroxyl groups is 2. The van der Waals surface area contributed by atoms with E-state index in [4.69, 9.17) is 10.2 Å². The number of aliphatic hydroxyl groups excluding tert-OH is 2. The summed E-state index contributed by atoms with van der Waals surface area (Å²) in [6.45, 7) is 3.65. The Bertz CT molecular complexity index is 121. The molecule has 0 aromatic carbocycles. The highest BCUT2D eigenvalue weighted by Crippen LogP contribution is 2.27. The average Bonchev–Trinajstić information content (AvgIpc) is 1.83. The molecule has 2 nitrogen and oxygen atoms in total. The van der Waals surface area contributed by atoms with Gasteiger partial charge >= 0.3 is 0 Å². The molecular weight excluding hydrogens is 104 g/mol. The second-order valence-electron chi connectivity index (χ2n) is 2.26. The lowest BCUT2D eigenvalue weighted by molar-refractivity contribution is 0.0376. The van der Waals surface area contributed by atoms with Crippen molar-refractivity contribution in [3.63, 3.8) is 0 Å². The summed E-state index contributed by atoms with van der Waals surface area (Å²) in [6.07, 6.45) is -1.18. The first kappa shape index (κ1) is 5.79. The van der Waals surface area contributed by atoms with Gasteiger partial charge in [-0.2, -0.15) is 0 Å². The van der Waals surface area contributed by atoms with Crippen LogP contribution in [0.4, 0.5) is 0 Å². The van der Waals surface area contributed by atoms with Gasteiger partial charge in [-0.05, 0) is 25.0 Å². The SMILES string of the molecule is CC1=C(C)[C@H](O)[C@@H]1O. The molecule has 0 aromatic rings. The van der Waals surface area contributed by atoms with Crippen LogP contribution in [0.3, 0.4) is 0 Å². The van der Waals surface area contributed by atoms with E-state index < -0.39 is 12.2 Å². The molecule has 0 aromatic heterocycles. The first-order valence-electron chi connectivity index (χ1n) is 2.68. The van der Waals surface area contributed by atoms with Crippen LogP contribution in [0, 0.1) is 0 Å². The number of hydrogen-bond donors (Lipinski definition) is 2. The summed E-state index contributed by atoms with van der Waals surface area (Å²) in [7, 11) is 0. The van der Waals surface area contributed by atoms with Crippen LogP contribution in [0.1, 0.15) is 13.8 Å². The van der Waals surface area contributed by atoms with Crippen LogP contribution in [-0.2, 0) is 0 Å². The van der Waals surface area contributed by atoms with Gasteiger partial charge in [-0.15, -0.1) is 0 Å². The van der Waals surface area contributed by atoms with Crippen molar-refractivity contribution in [3.8, 4) is 0 Å². The molecule has 46 valence electrons. The van der Waals surface area contributed by atoms with E-state index in [2.05, 4.69) is 0 Å². The molecule has 0 spiro atoms. The number of rotatable bonds is 0. The minimum Gasteiger partial charge on any atom is -0.386 e. The lowest BCUT2D eigenvalue weighted by atomic mass is 9.85. The molecule has 2 N–H and O–H groups in total. The fourth-order valence-corrected chi connectivity index (χ4v) is 0.844. The van der Waals surface area contributed by atoms with E-state index in [9.17, 15) is 0 Å². The Morgan fingerprint density at radius 2 is 1.25 bits per heavy atom. The standard InChI is InChI=1S/C6H10O2/c1-3-4(2)6(8)5(3)7/h5-8H,1-2H3/t5-,6+. The number of hydrogen-bond acceptors (Lipinski definition) is 2. The summed E-state index contributed by atoms with van der Waals surface area (Å²) < 4.78 is 0. The summed E-state index contributed by atoms with van der Waals surface area (Å²) in [5, 5.41) is 17.7. The predicted molar refractivity (Wildman–Crippen MR) is 30.4 cm³/mol. The zero-order valence-electron chi connectivity index (χ0n) is 5.05. The van der Waals surface area contributed by atoms with Crippen LogP contribution in [0.5, 0.6) is 0 Å². The molecule has 2 atom stereocenters. The van der Waals surface area contributed by atoms with E-state index in [0.29, 0.717) is 0 Å². The van der Waals surface area contributed by atoms with Crippen molar-refractivity contribution in [2.45, 2.75) is 26.1 Å². The van der Waals surface area contributed by atoms with Gasteiger partial charge in [-0.1, -0.05) is 0 Å². The molecule has 0 saturated carbocycles. The van der Waals surface area contributed by atoms with Gasteiger partial charge in [0.05, 0.1) is 0 Å². The minimum atomic E-state index is -0.588. The van der Waals surface area contributed by atoms with Crippen LogP contribution in [0.2, 0.25) is 0 Å². The normalized spacial score (nSPS) is 37.5. The van der Waals surface area contributed by atoms with Gasteiger partial charge in [0.2, 0.25) is 0 Å². The first-order valence-corrected chi connectivity index (χ1v) is 2.68. The predicted octanol–water partition coefficient (Wildman–Crippen LogP) is 0.0582. The highest BCUT2D eigenvalue weighted by atomic mass is 16.3. The fraction of sp³-hybridized carbons (Fsp3) is 0.667. The van der Waals surface area contributed by atoms with Crippen molar-refractivity contribution >= 4 is 0 Å². The Kier molecular flexibility index (Phi) is 1.14. The van der Waals surface area contributed by atoms with Gasteiger partial charge in [0.25, 0.3) is 0 Å². The highest BCUT2D eigenvalue weighted by Gasteiger charge is 2.31. The topological polar surface area (TPSA) is 40.5 Å². The van der Waals surface area contributed by atoms with Crippen LogP contribution >= 0.6 is 0 Å². The molecule has 2 heteroatoms. The van der Waals surface area contributed by atoms with E-state index in [1.807, 2.05) is 13.8 Å². The van der Waals surface area contributed by atoms with Gasteiger partial charge in [0, 0.05) is 0 Å². The summed E-state index contributed by atoms with van der Waals surface area (Å²) in [5.74, 6) is 0. The van der Waals surface area contributed by atoms with Crippen molar-refractivity contribution in [2.24, 2.45) is 0 Å². The fourth-order valence-electron chi connectivity index (χ4n) is 0.844. The summed E-state index contributed by atoms with van der Waals surface area (Å²) in [6, 6.07) is 0.